The highest BCUT2D eigenvalue weighted by Crippen LogP contribution is 2.55. The summed E-state index contributed by atoms with van der Waals surface area (Å²) in [5.41, 5.74) is 6.23. The Labute approximate surface area is 101 Å². The molecule has 1 aromatic heterocycles. The summed E-state index contributed by atoms with van der Waals surface area (Å²) >= 11 is 0. The van der Waals surface area contributed by atoms with Crippen molar-refractivity contribution in [1.29, 1.82) is 0 Å². The number of rotatable bonds is 7. The lowest BCUT2D eigenvalue weighted by Gasteiger charge is -2.19. The van der Waals surface area contributed by atoms with Gasteiger partial charge in [0.1, 0.15) is 0 Å². The predicted molar refractivity (Wildman–Crippen MR) is 64.7 cm³/mol. The third-order valence-electron chi connectivity index (χ3n) is 3.83. The second-order valence-electron chi connectivity index (χ2n) is 5.22. The van der Waals surface area contributed by atoms with Crippen molar-refractivity contribution in [3.8, 4) is 0 Å². The minimum Gasteiger partial charge on any atom is -0.330 e. The summed E-state index contributed by atoms with van der Waals surface area (Å²) < 4.78 is 4.55. The molecule has 2 rings (SSSR count). The molecule has 5 nitrogen and oxygen atoms in total. The van der Waals surface area contributed by atoms with Gasteiger partial charge >= 0.3 is 5.76 Å². The zero-order valence-electron chi connectivity index (χ0n) is 10.4. The van der Waals surface area contributed by atoms with E-state index in [0.717, 1.165) is 6.42 Å². The Balaban J connectivity index is 1.98. The first-order valence-corrected chi connectivity index (χ1v) is 6.45. The molecule has 1 atom stereocenters. The fourth-order valence-electron chi connectivity index (χ4n) is 2.52. The van der Waals surface area contributed by atoms with Gasteiger partial charge in [-0.1, -0.05) is 24.9 Å². The molecule has 0 radical (unpaired) electrons. The number of aromatic amines is 1. The number of hydrogen-bond acceptors (Lipinski definition) is 4. The van der Waals surface area contributed by atoms with Crippen molar-refractivity contribution >= 4 is 0 Å². The third kappa shape index (κ3) is 2.97. The number of H-pyrrole nitrogens is 1. The molecule has 0 aromatic carbocycles. The lowest BCUT2D eigenvalue weighted by atomic mass is 9.87. The molecule has 1 aliphatic carbocycles. The minimum absolute atomic E-state index is 0.126. The van der Waals surface area contributed by atoms with Crippen molar-refractivity contribution in [1.82, 2.24) is 10.1 Å². The van der Waals surface area contributed by atoms with E-state index >= 15 is 0 Å². The lowest BCUT2D eigenvalue weighted by molar-refractivity contribution is 0.348. The Morgan fingerprint density at radius 3 is 2.82 bits per heavy atom. The Bertz CT molecular complexity index is 406. The summed E-state index contributed by atoms with van der Waals surface area (Å²) in [7, 11) is 0. The van der Waals surface area contributed by atoms with Crippen LogP contribution in [-0.4, -0.2) is 16.7 Å². The lowest BCUT2D eigenvalue weighted by Crippen LogP contribution is -2.19. The first-order chi connectivity index (χ1) is 8.19. The molecule has 17 heavy (non-hydrogen) atoms. The van der Waals surface area contributed by atoms with Crippen LogP contribution in [0.15, 0.2) is 9.32 Å². The molecule has 3 N–H and O–H groups in total. The van der Waals surface area contributed by atoms with Gasteiger partial charge < -0.3 is 5.73 Å². The Kier molecular flexibility index (Phi) is 3.66. The van der Waals surface area contributed by atoms with E-state index in [1.54, 1.807) is 0 Å². The molecule has 0 aliphatic heterocycles. The highest BCUT2D eigenvalue weighted by Gasteiger charge is 2.43. The maximum absolute atomic E-state index is 10.9. The van der Waals surface area contributed by atoms with Gasteiger partial charge in [-0.15, -0.1) is 0 Å². The third-order valence-corrected chi connectivity index (χ3v) is 3.83. The maximum Gasteiger partial charge on any atom is 0.438 e. The monoisotopic (exact) mass is 239 g/mol. The van der Waals surface area contributed by atoms with Crippen LogP contribution in [0.1, 0.15) is 57.2 Å². The van der Waals surface area contributed by atoms with Gasteiger partial charge in [0.2, 0.25) is 0 Å². The molecule has 1 aromatic rings. The average molecular weight is 239 g/mol. The molecule has 1 saturated carbocycles. The SMILES string of the molecule is CCCCC1(CC(CN)c2noc(=O)[nH]2)CC1. The summed E-state index contributed by atoms with van der Waals surface area (Å²) in [5.74, 6) is 0.248. The molecular weight excluding hydrogens is 218 g/mol. The van der Waals surface area contributed by atoms with Crippen molar-refractivity contribution in [2.24, 2.45) is 11.1 Å². The first kappa shape index (κ1) is 12.4. The Morgan fingerprint density at radius 2 is 2.35 bits per heavy atom. The topological polar surface area (TPSA) is 84.9 Å². The molecule has 0 bridgehead atoms. The maximum atomic E-state index is 10.9. The Hall–Kier alpha value is -1.10. The van der Waals surface area contributed by atoms with Gasteiger partial charge in [-0.3, -0.25) is 9.51 Å². The number of nitrogens with one attached hydrogen (secondary N) is 1. The predicted octanol–water partition coefficient (Wildman–Crippen LogP) is 1.77. The second-order valence-corrected chi connectivity index (χ2v) is 5.22. The zero-order valence-corrected chi connectivity index (χ0v) is 10.4. The van der Waals surface area contributed by atoms with E-state index in [1.807, 2.05) is 0 Å². The fraction of sp³-hybridized carbons (Fsp3) is 0.833. The van der Waals surface area contributed by atoms with Crippen LogP contribution in [0.5, 0.6) is 0 Å². The van der Waals surface area contributed by atoms with E-state index in [9.17, 15) is 4.79 Å². The van der Waals surface area contributed by atoms with Gasteiger partial charge in [-0.25, -0.2) is 4.79 Å². The van der Waals surface area contributed by atoms with Gasteiger partial charge in [-0.2, -0.15) is 0 Å². The van der Waals surface area contributed by atoms with Crippen LogP contribution in [0.3, 0.4) is 0 Å². The minimum atomic E-state index is -0.489. The molecule has 1 heterocycles. The van der Waals surface area contributed by atoms with Crippen molar-refractivity contribution in [3.05, 3.63) is 16.4 Å². The summed E-state index contributed by atoms with van der Waals surface area (Å²) in [4.78, 5) is 13.6. The van der Waals surface area contributed by atoms with Crippen molar-refractivity contribution in [2.75, 3.05) is 6.54 Å². The number of nitrogens with two attached hydrogens (primary N) is 1. The molecule has 1 aliphatic rings. The number of hydrogen-bond donors (Lipinski definition) is 2. The molecule has 1 fully saturated rings. The van der Waals surface area contributed by atoms with E-state index < -0.39 is 5.76 Å². The van der Waals surface area contributed by atoms with Gasteiger partial charge in [-0.05, 0) is 31.1 Å². The highest BCUT2D eigenvalue weighted by atomic mass is 16.5. The normalized spacial score (nSPS) is 19.2. The Morgan fingerprint density at radius 1 is 1.59 bits per heavy atom. The van der Waals surface area contributed by atoms with Crippen LogP contribution in [-0.2, 0) is 0 Å². The van der Waals surface area contributed by atoms with Gasteiger partial charge in [0.25, 0.3) is 0 Å². The molecule has 0 saturated heterocycles. The zero-order chi connectivity index (χ0) is 12.3. The van der Waals surface area contributed by atoms with Gasteiger partial charge in [0.05, 0.1) is 0 Å². The molecule has 96 valence electrons. The quantitative estimate of drug-likeness (QED) is 0.759. The van der Waals surface area contributed by atoms with Crippen LogP contribution in [0.25, 0.3) is 0 Å². The van der Waals surface area contributed by atoms with E-state index in [1.165, 1.54) is 32.1 Å². The largest absolute Gasteiger partial charge is 0.438 e. The van der Waals surface area contributed by atoms with Crippen molar-refractivity contribution in [3.63, 3.8) is 0 Å². The van der Waals surface area contributed by atoms with E-state index in [2.05, 4.69) is 21.6 Å². The fourth-order valence-corrected chi connectivity index (χ4v) is 2.52. The first-order valence-electron chi connectivity index (χ1n) is 6.45. The van der Waals surface area contributed by atoms with Crippen molar-refractivity contribution in [2.45, 2.75) is 51.4 Å². The van der Waals surface area contributed by atoms with Crippen LogP contribution in [0.4, 0.5) is 0 Å². The van der Waals surface area contributed by atoms with Crippen molar-refractivity contribution < 1.29 is 4.52 Å². The summed E-state index contributed by atoms with van der Waals surface area (Å²) in [6.45, 7) is 2.72. The van der Waals surface area contributed by atoms with Crippen LogP contribution < -0.4 is 11.5 Å². The van der Waals surface area contributed by atoms with E-state index in [-0.39, 0.29) is 5.92 Å². The molecule has 5 heteroatoms. The van der Waals surface area contributed by atoms with E-state index in [4.69, 9.17) is 5.73 Å². The number of aromatic nitrogens is 2. The summed E-state index contributed by atoms with van der Waals surface area (Å²) in [6.07, 6.45) is 7.35. The standard InChI is InChI=1S/C12H21N3O2/c1-2-3-4-12(5-6-12)7-9(8-13)10-14-11(16)17-15-10/h9H,2-8,13H2,1H3,(H,14,15,16). The smallest absolute Gasteiger partial charge is 0.330 e. The summed E-state index contributed by atoms with van der Waals surface area (Å²) in [6, 6.07) is 0. The second kappa shape index (κ2) is 5.04. The number of nitrogens with zero attached hydrogens (tertiary/aromatic N) is 1. The summed E-state index contributed by atoms with van der Waals surface area (Å²) in [5, 5.41) is 3.76. The molecular formula is C12H21N3O2. The van der Waals surface area contributed by atoms with E-state index in [0.29, 0.717) is 17.8 Å². The highest BCUT2D eigenvalue weighted by molar-refractivity contribution is 5.02. The van der Waals surface area contributed by atoms with Crippen LogP contribution >= 0.6 is 0 Å². The molecule has 0 spiro atoms. The van der Waals surface area contributed by atoms with Crippen LogP contribution in [0.2, 0.25) is 0 Å². The van der Waals surface area contributed by atoms with Crippen LogP contribution in [0, 0.1) is 5.41 Å². The number of unbranched alkanes of at least 4 members (excludes halogenated alkanes) is 1. The molecule has 0 amide bonds. The van der Waals surface area contributed by atoms with Gasteiger partial charge in [0, 0.05) is 12.5 Å². The molecule has 1 unspecified atom stereocenters. The average Bonchev–Trinajstić information content (AvgIpc) is 2.97. The van der Waals surface area contributed by atoms with Gasteiger partial charge in [0.15, 0.2) is 5.82 Å².